The van der Waals surface area contributed by atoms with Gasteiger partial charge in [0, 0.05) is 18.8 Å². The summed E-state index contributed by atoms with van der Waals surface area (Å²) >= 11 is 0. The Balaban J connectivity index is 1.64. The molecule has 0 radical (unpaired) electrons. The minimum atomic E-state index is 0.961. The summed E-state index contributed by atoms with van der Waals surface area (Å²) in [6.45, 7) is 4.20. The van der Waals surface area contributed by atoms with Gasteiger partial charge in [-0.2, -0.15) is 0 Å². The summed E-state index contributed by atoms with van der Waals surface area (Å²) in [5.41, 5.74) is 8.39. The van der Waals surface area contributed by atoms with E-state index in [0.717, 1.165) is 19.5 Å². The van der Waals surface area contributed by atoms with Crippen LogP contribution in [0.15, 0.2) is 72.8 Å². The number of hydrogen-bond acceptors (Lipinski definition) is 1. The van der Waals surface area contributed by atoms with E-state index in [4.69, 9.17) is 0 Å². The summed E-state index contributed by atoms with van der Waals surface area (Å²) in [7, 11) is 0. The highest BCUT2D eigenvalue weighted by Gasteiger charge is 2.18. The molecule has 1 nitrogen and oxygen atoms in total. The molecule has 0 unspecified atom stereocenters. The highest BCUT2D eigenvalue weighted by atomic mass is 15.1. The van der Waals surface area contributed by atoms with Gasteiger partial charge >= 0.3 is 0 Å². The molecule has 1 aliphatic carbocycles. The first kappa shape index (κ1) is 14.1. The van der Waals surface area contributed by atoms with Crippen molar-refractivity contribution >= 4 is 5.69 Å². The lowest BCUT2D eigenvalue weighted by atomic mass is 10.0. The van der Waals surface area contributed by atoms with E-state index in [1.807, 2.05) is 0 Å². The minimum absolute atomic E-state index is 0.961. The number of fused-ring (bicyclic) bond motifs is 3. The molecule has 0 aromatic heterocycles. The molecule has 1 heteroatoms. The van der Waals surface area contributed by atoms with Crippen molar-refractivity contribution in [3.05, 3.63) is 89.5 Å². The van der Waals surface area contributed by atoms with Gasteiger partial charge in [0.05, 0.1) is 0 Å². The van der Waals surface area contributed by atoms with Gasteiger partial charge in [0.2, 0.25) is 0 Å². The smallest absolute Gasteiger partial charge is 0.0429 e. The Labute approximate surface area is 138 Å². The van der Waals surface area contributed by atoms with E-state index in [1.54, 1.807) is 0 Å². The fraction of sp³-hybridized carbons (Fsp3) is 0.182. The normalized spacial score (nSPS) is 11.9. The van der Waals surface area contributed by atoms with E-state index in [9.17, 15) is 0 Å². The SMILES string of the molecule is CCN(Cc1ccccc1)c1ccc2c(c1)Cc1ccccc1-2. The summed E-state index contributed by atoms with van der Waals surface area (Å²) < 4.78 is 0. The van der Waals surface area contributed by atoms with Gasteiger partial charge in [-0.15, -0.1) is 0 Å². The van der Waals surface area contributed by atoms with Crippen LogP contribution in [0.2, 0.25) is 0 Å². The zero-order valence-corrected chi connectivity index (χ0v) is 13.5. The molecule has 0 saturated heterocycles. The van der Waals surface area contributed by atoms with Gasteiger partial charge in [0.15, 0.2) is 0 Å². The first-order valence-corrected chi connectivity index (χ1v) is 8.35. The first-order valence-electron chi connectivity index (χ1n) is 8.35. The Morgan fingerprint density at radius 1 is 0.783 bits per heavy atom. The number of hydrogen-bond donors (Lipinski definition) is 0. The molecule has 0 saturated carbocycles. The molecule has 0 atom stereocenters. The van der Waals surface area contributed by atoms with Crippen LogP contribution in [0.5, 0.6) is 0 Å². The van der Waals surface area contributed by atoms with Crippen molar-refractivity contribution in [2.45, 2.75) is 19.9 Å². The summed E-state index contributed by atoms with van der Waals surface area (Å²) in [4.78, 5) is 2.44. The Kier molecular flexibility index (Phi) is 3.63. The third-order valence-electron chi connectivity index (χ3n) is 4.74. The quantitative estimate of drug-likeness (QED) is 0.495. The van der Waals surface area contributed by atoms with Gasteiger partial charge in [-0.1, -0.05) is 60.7 Å². The third-order valence-corrected chi connectivity index (χ3v) is 4.74. The van der Waals surface area contributed by atoms with Crippen molar-refractivity contribution in [2.24, 2.45) is 0 Å². The molecule has 0 spiro atoms. The van der Waals surface area contributed by atoms with Crippen LogP contribution in [0, 0.1) is 0 Å². The molecule has 3 aromatic rings. The van der Waals surface area contributed by atoms with Crippen LogP contribution in [0.3, 0.4) is 0 Å². The lowest BCUT2D eigenvalue weighted by Gasteiger charge is -2.24. The predicted octanol–water partition coefficient (Wildman–Crippen LogP) is 5.28. The average Bonchev–Trinajstić information content (AvgIpc) is 2.98. The Bertz CT molecular complexity index is 820. The molecule has 3 aromatic carbocycles. The van der Waals surface area contributed by atoms with E-state index < -0.39 is 0 Å². The molecular weight excluding hydrogens is 278 g/mol. The Hall–Kier alpha value is -2.54. The maximum Gasteiger partial charge on any atom is 0.0429 e. The minimum Gasteiger partial charge on any atom is -0.367 e. The van der Waals surface area contributed by atoms with Crippen molar-refractivity contribution in [1.29, 1.82) is 0 Å². The fourth-order valence-electron chi connectivity index (χ4n) is 3.52. The van der Waals surface area contributed by atoms with Crippen LogP contribution in [0.25, 0.3) is 11.1 Å². The van der Waals surface area contributed by atoms with Crippen molar-refractivity contribution in [3.63, 3.8) is 0 Å². The second-order valence-electron chi connectivity index (χ2n) is 6.18. The molecule has 23 heavy (non-hydrogen) atoms. The van der Waals surface area contributed by atoms with Crippen LogP contribution in [0.4, 0.5) is 5.69 Å². The third kappa shape index (κ3) is 2.63. The van der Waals surface area contributed by atoms with Gasteiger partial charge < -0.3 is 4.90 Å². The fourth-order valence-corrected chi connectivity index (χ4v) is 3.52. The van der Waals surface area contributed by atoms with Crippen LogP contribution < -0.4 is 4.90 Å². The number of rotatable bonds is 4. The lowest BCUT2D eigenvalue weighted by Crippen LogP contribution is -2.22. The number of nitrogens with zero attached hydrogens (tertiary/aromatic N) is 1. The maximum atomic E-state index is 2.44. The van der Waals surface area contributed by atoms with E-state index >= 15 is 0 Å². The maximum absolute atomic E-state index is 2.44. The van der Waals surface area contributed by atoms with E-state index in [1.165, 1.54) is 33.5 Å². The van der Waals surface area contributed by atoms with Gasteiger partial charge in [-0.05, 0) is 53.3 Å². The van der Waals surface area contributed by atoms with Crippen LogP contribution in [0.1, 0.15) is 23.6 Å². The highest BCUT2D eigenvalue weighted by molar-refractivity contribution is 5.78. The summed E-state index contributed by atoms with van der Waals surface area (Å²) in [5.74, 6) is 0. The molecule has 0 heterocycles. The molecular formula is C22H21N. The largest absolute Gasteiger partial charge is 0.367 e. The van der Waals surface area contributed by atoms with Crippen LogP contribution in [-0.4, -0.2) is 6.54 Å². The molecule has 1 aliphatic rings. The van der Waals surface area contributed by atoms with E-state index in [-0.39, 0.29) is 0 Å². The molecule has 0 aliphatic heterocycles. The van der Waals surface area contributed by atoms with Crippen molar-refractivity contribution in [3.8, 4) is 11.1 Å². The van der Waals surface area contributed by atoms with Crippen molar-refractivity contribution in [1.82, 2.24) is 0 Å². The molecule has 0 N–H and O–H groups in total. The molecule has 0 fully saturated rings. The lowest BCUT2D eigenvalue weighted by molar-refractivity contribution is 0.831. The van der Waals surface area contributed by atoms with Gasteiger partial charge in [0.1, 0.15) is 0 Å². The highest BCUT2D eigenvalue weighted by Crippen LogP contribution is 2.38. The van der Waals surface area contributed by atoms with E-state index in [2.05, 4.69) is 84.6 Å². The first-order chi connectivity index (χ1) is 11.3. The number of anilines is 1. The monoisotopic (exact) mass is 299 g/mol. The molecule has 0 amide bonds. The average molecular weight is 299 g/mol. The van der Waals surface area contributed by atoms with Gasteiger partial charge in [-0.25, -0.2) is 0 Å². The van der Waals surface area contributed by atoms with Crippen LogP contribution in [-0.2, 0) is 13.0 Å². The second kappa shape index (κ2) is 5.92. The molecule has 0 bridgehead atoms. The molecule has 4 rings (SSSR count). The number of benzene rings is 3. The topological polar surface area (TPSA) is 3.24 Å². The van der Waals surface area contributed by atoms with Crippen molar-refractivity contribution in [2.75, 3.05) is 11.4 Å². The van der Waals surface area contributed by atoms with Gasteiger partial charge in [0.25, 0.3) is 0 Å². The zero-order valence-electron chi connectivity index (χ0n) is 13.5. The zero-order chi connectivity index (χ0) is 15.6. The standard InChI is InChI=1S/C22H21N/c1-2-23(16-17-8-4-3-5-9-17)20-12-13-22-19(15-20)14-18-10-6-7-11-21(18)22/h3-13,15H,2,14,16H2,1H3. The molecule has 114 valence electrons. The summed E-state index contributed by atoms with van der Waals surface area (Å²) in [6.07, 6.45) is 1.06. The second-order valence-corrected chi connectivity index (χ2v) is 6.18. The Morgan fingerprint density at radius 2 is 1.52 bits per heavy atom. The van der Waals surface area contributed by atoms with Crippen LogP contribution >= 0.6 is 0 Å². The van der Waals surface area contributed by atoms with Crippen molar-refractivity contribution < 1.29 is 0 Å². The predicted molar refractivity (Wildman–Crippen MR) is 97.9 cm³/mol. The van der Waals surface area contributed by atoms with Gasteiger partial charge in [-0.3, -0.25) is 0 Å². The summed E-state index contributed by atoms with van der Waals surface area (Å²) in [6, 6.07) is 26.4. The van der Waals surface area contributed by atoms with E-state index in [0.29, 0.717) is 0 Å². The Morgan fingerprint density at radius 3 is 2.35 bits per heavy atom. The summed E-state index contributed by atoms with van der Waals surface area (Å²) in [5, 5.41) is 0.